The second-order valence-corrected chi connectivity index (χ2v) is 5.43. The quantitative estimate of drug-likeness (QED) is 0.324. The molecule has 0 radical (unpaired) electrons. The zero-order valence-electron chi connectivity index (χ0n) is 4.04. The standard InChI is InChI=1S/C4H11PSi/c1-3-6-4-2-5-1/h5H,1-4,6H2. The highest BCUT2D eigenvalue weighted by Gasteiger charge is 1.95. The maximum Gasteiger partial charge on any atom is 0.0204 e. The largest absolute Gasteiger partial charge is 0.123 e. The molecule has 1 heterocycles. The predicted octanol–water partition coefficient (Wildman–Crippen LogP) is 0.684. The lowest BCUT2D eigenvalue weighted by Crippen LogP contribution is -1.97. The van der Waals surface area contributed by atoms with E-state index in [1.165, 1.54) is 8.58 Å². The van der Waals surface area contributed by atoms with E-state index in [1.807, 2.05) is 0 Å². The van der Waals surface area contributed by atoms with E-state index in [-0.39, 0.29) is 0 Å². The van der Waals surface area contributed by atoms with Gasteiger partial charge in [0, 0.05) is 9.52 Å². The molecule has 0 aliphatic carbocycles. The molecule has 36 valence electrons. The summed E-state index contributed by atoms with van der Waals surface area (Å²) in [5.41, 5.74) is 0. The Morgan fingerprint density at radius 3 is 2.00 bits per heavy atom. The van der Waals surface area contributed by atoms with Crippen molar-refractivity contribution in [2.75, 3.05) is 12.3 Å². The summed E-state index contributed by atoms with van der Waals surface area (Å²) >= 11 is 0. The van der Waals surface area contributed by atoms with Gasteiger partial charge in [-0.05, 0) is 12.3 Å². The molecule has 0 N–H and O–H groups in total. The fourth-order valence-corrected chi connectivity index (χ4v) is 5.41. The summed E-state index contributed by atoms with van der Waals surface area (Å²) < 4.78 is 0. The van der Waals surface area contributed by atoms with Crippen LogP contribution in [0.2, 0.25) is 12.1 Å². The second kappa shape index (κ2) is 2.76. The van der Waals surface area contributed by atoms with Crippen LogP contribution in [0.4, 0.5) is 0 Å². The van der Waals surface area contributed by atoms with Crippen LogP contribution in [0.1, 0.15) is 0 Å². The Morgan fingerprint density at radius 2 is 1.83 bits per heavy atom. The lowest BCUT2D eigenvalue weighted by molar-refractivity contribution is 1.32. The number of hydrogen-bond donors (Lipinski definition) is 0. The third-order valence-electron chi connectivity index (χ3n) is 1.21. The average molecular weight is 118 g/mol. The van der Waals surface area contributed by atoms with E-state index in [0.29, 0.717) is 9.52 Å². The molecule has 1 rings (SSSR count). The summed E-state index contributed by atoms with van der Waals surface area (Å²) in [7, 11) is 1.85. The van der Waals surface area contributed by atoms with Crippen molar-refractivity contribution in [1.29, 1.82) is 0 Å². The molecule has 1 aliphatic heterocycles. The van der Waals surface area contributed by atoms with Gasteiger partial charge >= 0.3 is 0 Å². The van der Waals surface area contributed by atoms with Crippen LogP contribution in [-0.4, -0.2) is 21.8 Å². The molecular weight excluding hydrogens is 107 g/mol. The number of hydrogen-bond acceptors (Lipinski definition) is 0. The molecule has 0 bridgehead atoms. The van der Waals surface area contributed by atoms with Crippen molar-refractivity contribution in [2.24, 2.45) is 0 Å². The highest BCUT2D eigenvalue weighted by Crippen LogP contribution is 2.18. The predicted molar refractivity (Wildman–Crippen MR) is 36.2 cm³/mol. The summed E-state index contributed by atoms with van der Waals surface area (Å²) in [6.07, 6.45) is 3.18. The van der Waals surface area contributed by atoms with Crippen LogP contribution >= 0.6 is 8.58 Å². The Balaban J connectivity index is 2.00. The van der Waals surface area contributed by atoms with Crippen molar-refractivity contribution < 1.29 is 0 Å². The molecule has 6 heavy (non-hydrogen) atoms. The van der Waals surface area contributed by atoms with Crippen LogP contribution in [0.3, 0.4) is 0 Å². The van der Waals surface area contributed by atoms with Gasteiger partial charge in [-0.25, -0.2) is 0 Å². The normalized spacial score (nSPS) is 32.0. The highest BCUT2D eigenvalue weighted by molar-refractivity contribution is 7.38. The Kier molecular flexibility index (Phi) is 2.21. The van der Waals surface area contributed by atoms with Crippen LogP contribution < -0.4 is 0 Å². The third-order valence-corrected chi connectivity index (χ3v) is 5.74. The van der Waals surface area contributed by atoms with Crippen LogP contribution in [0, 0.1) is 0 Å². The molecule has 2 heteroatoms. The molecule has 0 spiro atoms. The van der Waals surface area contributed by atoms with Gasteiger partial charge < -0.3 is 0 Å². The molecule has 0 aromatic rings. The van der Waals surface area contributed by atoms with Crippen LogP contribution in [0.25, 0.3) is 0 Å². The summed E-state index contributed by atoms with van der Waals surface area (Å²) in [4.78, 5) is 0. The van der Waals surface area contributed by atoms with Crippen molar-refractivity contribution in [2.45, 2.75) is 12.1 Å². The van der Waals surface area contributed by atoms with Gasteiger partial charge in [0.25, 0.3) is 0 Å². The van der Waals surface area contributed by atoms with Crippen LogP contribution in [0.5, 0.6) is 0 Å². The van der Waals surface area contributed by atoms with Gasteiger partial charge in [-0.15, -0.1) is 8.58 Å². The molecule has 0 nitrogen and oxygen atoms in total. The van der Waals surface area contributed by atoms with Crippen molar-refractivity contribution in [3.63, 3.8) is 0 Å². The molecule has 0 aromatic carbocycles. The average Bonchev–Trinajstić information content (AvgIpc) is 1.72. The van der Waals surface area contributed by atoms with E-state index in [0.717, 1.165) is 0 Å². The molecule has 1 fully saturated rings. The van der Waals surface area contributed by atoms with Gasteiger partial charge in [-0.1, -0.05) is 12.1 Å². The van der Waals surface area contributed by atoms with Crippen molar-refractivity contribution >= 4 is 18.1 Å². The Bertz CT molecular complexity index is 23.0. The summed E-state index contributed by atoms with van der Waals surface area (Å²) in [6.45, 7) is 0. The van der Waals surface area contributed by atoms with Gasteiger partial charge in [0.05, 0.1) is 0 Å². The molecule has 0 unspecified atom stereocenters. The first kappa shape index (κ1) is 4.80. The fourth-order valence-electron chi connectivity index (χ4n) is 0.802. The van der Waals surface area contributed by atoms with E-state index in [1.54, 1.807) is 24.4 Å². The first-order valence-corrected chi connectivity index (χ1v) is 6.12. The van der Waals surface area contributed by atoms with E-state index < -0.39 is 0 Å². The summed E-state index contributed by atoms with van der Waals surface area (Å²) in [5, 5.41) is 0. The molecule has 1 aliphatic rings. The third kappa shape index (κ3) is 1.40. The lowest BCUT2D eigenvalue weighted by atomic mass is 10.9. The van der Waals surface area contributed by atoms with Crippen LogP contribution in [-0.2, 0) is 0 Å². The second-order valence-electron chi connectivity index (χ2n) is 1.81. The van der Waals surface area contributed by atoms with Crippen LogP contribution in [0.15, 0.2) is 0 Å². The lowest BCUT2D eigenvalue weighted by Gasteiger charge is -2.05. The first-order chi connectivity index (χ1) is 3.00. The highest BCUT2D eigenvalue weighted by atomic mass is 31.1. The molecule has 1 saturated heterocycles. The zero-order chi connectivity index (χ0) is 4.24. The first-order valence-electron chi connectivity index (χ1n) is 2.71. The summed E-state index contributed by atoms with van der Waals surface area (Å²) in [5.74, 6) is 0. The van der Waals surface area contributed by atoms with Gasteiger partial charge in [0.15, 0.2) is 0 Å². The van der Waals surface area contributed by atoms with E-state index in [9.17, 15) is 0 Å². The SMILES string of the molecule is C1CPCC[SiH2]1. The minimum absolute atomic E-state index is 0.515. The molecule has 0 atom stereocenters. The summed E-state index contributed by atoms with van der Waals surface area (Å²) in [6, 6.07) is 3.30. The topological polar surface area (TPSA) is 0 Å². The maximum atomic E-state index is 1.65. The van der Waals surface area contributed by atoms with Crippen molar-refractivity contribution in [3.8, 4) is 0 Å². The van der Waals surface area contributed by atoms with Crippen molar-refractivity contribution in [3.05, 3.63) is 0 Å². The Morgan fingerprint density at radius 1 is 1.17 bits per heavy atom. The van der Waals surface area contributed by atoms with Gasteiger partial charge in [-0.2, -0.15) is 0 Å². The van der Waals surface area contributed by atoms with Crippen molar-refractivity contribution in [1.82, 2.24) is 0 Å². The van der Waals surface area contributed by atoms with Gasteiger partial charge in [0.2, 0.25) is 0 Å². The smallest absolute Gasteiger partial charge is 0.0204 e. The maximum absolute atomic E-state index is 1.65. The molecular formula is C4H11PSi. The molecule has 0 amide bonds. The minimum Gasteiger partial charge on any atom is -0.123 e. The Labute approximate surface area is 43.3 Å². The zero-order valence-corrected chi connectivity index (χ0v) is 6.45. The van der Waals surface area contributed by atoms with Gasteiger partial charge in [0.1, 0.15) is 0 Å². The van der Waals surface area contributed by atoms with Gasteiger partial charge in [-0.3, -0.25) is 0 Å². The number of rotatable bonds is 0. The van der Waals surface area contributed by atoms with E-state index in [4.69, 9.17) is 0 Å². The Hall–Kier alpha value is 0.647. The van der Waals surface area contributed by atoms with E-state index in [2.05, 4.69) is 0 Å². The molecule has 0 aromatic heterocycles. The monoisotopic (exact) mass is 118 g/mol. The molecule has 0 saturated carbocycles. The van der Waals surface area contributed by atoms with E-state index >= 15 is 0 Å². The minimum atomic E-state index is 0.515. The fraction of sp³-hybridized carbons (Fsp3) is 1.00.